The van der Waals surface area contributed by atoms with Gasteiger partial charge in [0.05, 0.1) is 13.2 Å². The van der Waals surface area contributed by atoms with Gasteiger partial charge in [-0.15, -0.1) is 0 Å². The first-order valence-electron chi connectivity index (χ1n) is 6.69. The van der Waals surface area contributed by atoms with E-state index < -0.39 is 0 Å². The Hall–Kier alpha value is -1.22. The van der Waals surface area contributed by atoms with E-state index in [1.807, 2.05) is 13.1 Å². The molecule has 1 aromatic carbocycles. The molecule has 18 heavy (non-hydrogen) atoms. The fourth-order valence-corrected chi connectivity index (χ4v) is 1.87. The Morgan fingerprint density at radius 3 is 2.67 bits per heavy atom. The maximum Gasteiger partial charge on any atom is 0.161 e. The topological polar surface area (TPSA) is 30.5 Å². The third-order valence-electron chi connectivity index (χ3n) is 3.00. The van der Waals surface area contributed by atoms with Crippen molar-refractivity contribution in [2.45, 2.75) is 39.2 Å². The largest absolute Gasteiger partial charge is 0.493 e. The first kappa shape index (κ1) is 14.8. The molecule has 0 aromatic heterocycles. The zero-order valence-electron chi connectivity index (χ0n) is 12.0. The van der Waals surface area contributed by atoms with Gasteiger partial charge in [0.1, 0.15) is 0 Å². The summed E-state index contributed by atoms with van der Waals surface area (Å²) in [5, 5.41) is 3.14. The highest BCUT2D eigenvalue weighted by atomic mass is 16.5. The molecule has 3 nitrogen and oxygen atoms in total. The van der Waals surface area contributed by atoms with Gasteiger partial charge in [-0.3, -0.25) is 0 Å². The van der Waals surface area contributed by atoms with Gasteiger partial charge >= 0.3 is 0 Å². The van der Waals surface area contributed by atoms with Gasteiger partial charge in [0.25, 0.3) is 0 Å². The van der Waals surface area contributed by atoms with E-state index in [9.17, 15) is 0 Å². The van der Waals surface area contributed by atoms with E-state index in [1.54, 1.807) is 7.11 Å². The molecule has 0 saturated carbocycles. The minimum atomic E-state index is 0.208. The fraction of sp³-hybridized carbons (Fsp3) is 0.600. The Bertz CT molecular complexity index is 352. The highest BCUT2D eigenvalue weighted by molar-refractivity contribution is 5.43. The second-order valence-corrected chi connectivity index (χ2v) is 4.51. The summed E-state index contributed by atoms with van der Waals surface area (Å²) in [6.07, 6.45) is 3.38. The molecule has 0 aliphatic rings. The summed E-state index contributed by atoms with van der Waals surface area (Å²) in [6, 6.07) is 6.15. The zero-order valence-corrected chi connectivity index (χ0v) is 12.0. The highest BCUT2D eigenvalue weighted by Gasteiger charge is 2.09. The van der Waals surface area contributed by atoms with Gasteiger partial charge < -0.3 is 14.8 Å². The molecule has 0 saturated heterocycles. The van der Waals surface area contributed by atoms with Crippen molar-refractivity contribution < 1.29 is 9.47 Å². The second-order valence-electron chi connectivity index (χ2n) is 4.51. The van der Waals surface area contributed by atoms with Crippen LogP contribution in [0.3, 0.4) is 0 Å². The number of nitrogens with one attached hydrogen (secondary N) is 1. The zero-order chi connectivity index (χ0) is 13.4. The van der Waals surface area contributed by atoms with Crippen molar-refractivity contribution in [1.29, 1.82) is 0 Å². The molecule has 1 aromatic rings. The van der Waals surface area contributed by atoms with E-state index in [-0.39, 0.29) is 6.10 Å². The molecule has 1 unspecified atom stereocenters. The summed E-state index contributed by atoms with van der Waals surface area (Å²) >= 11 is 0. The van der Waals surface area contributed by atoms with E-state index in [1.165, 1.54) is 5.56 Å². The molecule has 0 aliphatic heterocycles. The van der Waals surface area contributed by atoms with Crippen molar-refractivity contribution in [3.8, 4) is 11.5 Å². The van der Waals surface area contributed by atoms with Gasteiger partial charge in [-0.05, 0) is 57.5 Å². The van der Waals surface area contributed by atoms with Gasteiger partial charge in [0.15, 0.2) is 11.5 Å². The average Bonchev–Trinajstić information content (AvgIpc) is 2.39. The molecule has 0 heterocycles. The predicted molar refractivity (Wildman–Crippen MR) is 75.6 cm³/mol. The summed E-state index contributed by atoms with van der Waals surface area (Å²) in [4.78, 5) is 0. The number of ether oxygens (including phenoxy) is 2. The molecule has 0 spiro atoms. The standard InChI is InChI=1S/C15H25NO2/c1-5-13-8-9-14(15(11-13)17-4)18-12(2)7-6-10-16-3/h8-9,11-12,16H,5-7,10H2,1-4H3. The van der Waals surface area contributed by atoms with Crippen LogP contribution in [0.1, 0.15) is 32.3 Å². The lowest BCUT2D eigenvalue weighted by atomic mass is 10.1. The van der Waals surface area contributed by atoms with Crippen LogP contribution in [-0.4, -0.2) is 26.8 Å². The molecule has 0 amide bonds. The van der Waals surface area contributed by atoms with Crippen LogP contribution in [0.2, 0.25) is 0 Å². The van der Waals surface area contributed by atoms with Crippen LogP contribution < -0.4 is 14.8 Å². The van der Waals surface area contributed by atoms with E-state index >= 15 is 0 Å². The minimum Gasteiger partial charge on any atom is -0.493 e. The lowest BCUT2D eigenvalue weighted by molar-refractivity contribution is 0.199. The second kappa shape index (κ2) is 7.98. The summed E-state index contributed by atoms with van der Waals surface area (Å²) in [6.45, 7) is 5.26. The smallest absolute Gasteiger partial charge is 0.161 e. The van der Waals surface area contributed by atoms with Gasteiger partial charge in [-0.25, -0.2) is 0 Å². The van der Waals surface area contributed by atoms with Gasteiger partial charge in [0, 0.05) is 0 Å². The number of hydrogen-bond acceptors (Lipinski definition) is 3. The lowest BCUT2D eigenvalue weighted by Gasteiger charge is -2.17. The molecule has 102 valence electrons. The van der Waals surface area contributed by atoms with E-state index in [4.69, 9.17) is 9.47 Å². The Morgan fingerprint density at radius 2 is 2.06 bits per heavy atom. The Labute approximate surface area is 110 Å². The Balaban J connectivity index is 2.60. The van der Waals surface area contributed by atoms with Crippen LogP contribution >= 0.6 is 0 Å². The Morgan fingerprint density at radius 1 is 1.28 bits per heavy atom. The summed E-state index contributed by atoms with van der Waals surface area (Å²) in [5.41, 5.74) is 1.27. The van der Waals surface area contributed by atoms with Crippen molar-refractivity contribution in [1.82, 2.24) is 5.32 Å². The third kappa shape index (κ3) is 4.57. The SMILES string of the molecule is CCc1ccc(OC(C)CCCNC)c(OC)c1. The number of aryl methyl sites for hydroxylation is 1. The van der Waals surface area contributed by atoms with Crippen molar-refractivity contribution in [3.63, 3.8) is 0 Å². The maximum atomic E-state index is 5.93. The van der Waals surface area contributed by atoms with Crippen LogP contribution in [0, 0.1) is 0 Å². The van der Waals surface area contributed by atoms with Gasteiger partial charge in [-0.1, -0.05) is 13.0 Å². The van der Waals surface area contributed by atoms with Crippen molar-refractivity contribution in [3.05, 3.63) is 23.8 Å². The molecule has 0 bridgehead atoms. The molecular weight excluding hydrogens is 226 g/mol. The molecule has 1 N–H and O–H groups in total. The summed E-state index contributed by atoms with van der Waals surface area (Å²) < 4.78 is 11.3. The number of hydrogen-bond donors (Lipinski definition) is 1. The third-order valence-corrected chi connectivity index (χ3v) is 3.00. The fourth-order valence-electron chi connectivity index (χ4n) is 1.87. The highest BCUT2D eigenvalue weighted by Crippen LogP contribution is 2.29. The average molecular weight is 251 g/mol. The number of rotatable bonds is 8. The maximum absolute atomic E-state index is 5.93. The van der Waals surface area contributed by atoms with Crippen molar-refractivity contribution >= 4 is 0 Å². The molecule has 3 heteroatoms. The van der Waals surface area contributed by atoms with Crippen molar-refractivity contribution in [2.24, 2.45) is 0 Å². The number of methoxy groups -OCH3 is 1. The minimum absolute atomic E-state index is 0.208. The van der Waals surface area contributed by atoms with Gasteiger partial charge in [0.2, 0.25) is 0 Å². The first-order valence-corrected chi connectivity index (χ1v) is 6.69. The molecule has 1 atom stereocenters. The van der Waals surface area contributed by atoms with Crippen LogP contribution in [0.5, 0.6) is 11.5 Å². The molecule has 1 rings (SSSR count). The lowest BCUT2D eigenvalue weighted by Crippen LogP contribution is -2.16. The molecule has 0 fully saturated rings. The van der Waals surface area contributed by atoms with E-state index in [0.29, 0.717) is 0 Å². The van der Waals surface area contributed by atoms with E-state index in [2.05, 4.69) is 31.3 Å². The Kier molecular flexibility index (Phi) is 6.58. The summed E-state index contributed by atoms with van der Waals surface area (Å²) in [7, 11) is 3.66. The molecule has 0 radical (unpaired) electrons. The van der Waals surface area contributed by atoms with Crippen LogP contribution in [0.25, 0.3) is 0 Å². The quantitative estimate of drug-likeness (QED) is 0.720. The first-order chi connectivity index (χ1) is 8.71. The molecular formula is C15H25NO2. The predicted octanol–water partition coefficient (Wildman–Crippen LogP) is 3.02. The number of benzene rings is 1. The normalized spacial score (nSPS) is 12.2. The van der Waals surface area contributed by atoms with Gasteiger partial charge in [-0.2, -0.15) is 0 Å². The monoisotopic (exact) mass is 251 g/mol. The van der Waals surface area contributed by atoms with Crippen LogP contribution in [0.15, 0.2) is 18.2 Å². The van der Waals surface area contributed by atoms with Crippen LogP contribution in [-0.2, 0) is 6.42 Å². The molecule has 0 aliphatic carbocycles. The summed E-state index contributed by atoms with van der Waals surface area (Å²) in [5.74, 6) is 1.67. The van der Waals surface area contributed by atoms with Crippen LogP contribution in [0.4, 0.5) is 0 Å². The van der Waals surface area contributed by atoms with E-state index in [0.717, 1.165) is 37.3 Å². The van der Waals surface area contributed by atoms with Crippen molar-refractivity contribution in [2.75, 3.05) is 20.7 Å².